The highest BCUT2D eigenvalue weighted by atomic mass is 32.2. The number of benzene rings is 2. The van der Waals surface area contributed by atoms with Crippen LogP contribution in [0.2, 0.25) is 0 Å². The third-order valence-corrected chi connectivity index (χ3v) is 2.57. The van der Waals surface area contributed by atoms with Gasteiger partial charge in [0.05, 0.1) is 0 Å². The highest BCUT2D eigenvalue weighted by molar-refractivity contribution is 7.61. The summed E-state index contributed by atoms with van der Waals surface area (Å²) < 4.78 is 37.3. The fourth-order valence-corrected chi connectivity index (χ4v) is 1.78. The zero-order valence-electron chi connectivity index (χ0n) is 8.67. The Balaban J connectivity index is 2.48. The lowest BCUT2D eigenvalue weighted by Gasteiger charge is -2.02. The number of nitrogens with zero attached hydrogens (tertiary/aromatic N) is 1. The minimum Gasteiger partial charge on any atom is -0.205 e. The van der Waals surface area contributed by atoms with Crippen molar-refractivity contribution in [1.29, 1.82) is 0 Å². The van der Waals surface area contributed by atoms with E-state index >= 15 is 0 Å². The normalized spacial score (nSPS) is 9.94. The standard InChI is InChI=1S/C12H8FNO2S/c13-11-8-10(9-4-2-1-3-5-9)6-7-12(11)14-17(15)16/h1-8H. The second-order valence-electron chi connectivity index (χ2n) is 3.34. The number of hydrogen-bond acceptors (Lipinski definition) is 3. The molecule has 0 spiro atoms. The molecule has 0 radical (unpaired) electrons. The van der Waals surface area contributed by atoms with Crippen LogP contribution in [0.3, 0.4) is 0 Å². The summed E-state index contributed by atoms with van der Waals surface area (Å²) in [5.74, 6) is -0.657. The molecule has 0 aromatic heterocycles. The molecule has 0 fully saturated rings. The summed E-state index contributed by atoms with van der Waals surface area (Å²) in [6.45, 7) is 0. The van der Waals surface area contributed by atoms with Crippen LogP contribution < -0.4 is 0 Å². The first-order valence-corrected chi connectivity index (χ1v) is 5.86. The number of halogens is 1. The van der Waals surface area contributed by atoms with Gasteiger partial charge in [0.1, 0.15) is 5.69 Å². The molecule has 0 aliphatic carbocycles. The third kappa shape index (κ3) is 2.76. The quantitative estimate of drug-likeness (QED) is 0.820. The Hall–Kier alpha value is -2.01. The highest BCUT2D eigenvalue weighted by Gasteiger charge is 2.04. The van der Waals surface area contributed by atoms with E-state index < -0.39 is 16.3 Å². The van der Waals surface area contributed by atoms with Crippen LogP contribution in [0.25, 0.3) is 11.1 Å². The Morgan fingerprint density at radius 3 is 2.24 bits per heavy atom. The van der Waals surface area contributed by atoms with Gasteiger partial charge < -0.3 is 0 Å². The second kappa shape index (κ2) is 4.88. The minimum atomic E-state index is -2.64. The van der Waals surface area contributed by atoms with Gasteiger partial charge in [0.25, 0.3) is 0 Å². The van der Waals surface area contributed by atoms with Gasteiger partial charge >= 0.3 is 10.5 Å². The largest absolute Gasteiger partial charge is 0.316 e. The van der Waals surface area contributed by atoms with Crippen LogP contribution in [-0.4, -0.2) is 8.42 Å². The van der Waals surface area contributed by atoms with Crippen molar-refractivity contribution in [1.82, 2.24) is 0 Å². The topological polar surface area (TPSA) is 46.5 Å². The maximum atomic E-state index is 13.5. The number of hydrogen-bond donors (Lipinski definition) is 0. The summed E-state index contributed by atoms with van der Waals surface area (Å²) in [6, 6.07) is 13.5. The van der Waals surface area contributed by atoms with Crippen molar-refractivity contribution in [2.75, 3.05) is 0 Å². The molecule has 2 rings (SSSR count). The van der Waals surface area contributed by atoms with Crippen LogP contribution in [-0.2, 0) is 10.5 Å². The molecule has 5 heteroatoms. The van der Waals surface area contributed by atoms with Crippen molar-refractivity contribution in [3.8, 4) is 11.1 Å². The minimum absolute atomic E-state index is 0.182. The Morgan fingerprint density at radius 1 is 0.941 bits per heavy atom. The molecule has 17 heavy (non-hydrogen) atoms. The van der Waals surface area contributed by atoms with Gasteiger partial charge in [-0.3, -0.25) is 0 Å². The average molecular weight is 249 g/mol. The first-order valence-electron chi connectivity index (χ1n) is 4.83. The van der Waals surface area contributed by atoms with E-state index in [2.05, 4.69) is 4.36 Å². The van der Waals surface area contributed by atoms with Crippen molar-refractivity contribution < 1.29 is 12.8 Å². The second-order valence-corrected chi connectivity index (χ2v) is 3.96. The predicted octanol–water partition coefficient (Wildman–Crippen LogP) is 3.19. The van der Waals surface area contributed by atoms with Gasteiger partial charge in [-0.05, 0) is 23.3 Å². The maximum Gasteiger partial charge on any atom is 0.316 e. The van der Waals surface area contributed by atoms with Crippen LogP contribution in [0.1, 0.15) is 0 Å². The van der Waals surface area contributed by atoms with E-state index in [1.54, 1.807) is 6.07 Å². The van der Waals surface area contributed by atoms with Gasteiger partial charge in [-0.1, -0.05) is 36.4 Å². The van der Waals surface area contributed by atoms with E-state index in [4.69, 9.17) is 0 Å². The molecule has 0 aliphatic rings. The molecule has 0 heterocycles. The van der Waals surface area contributed by atoms with Crippen LogP contribution >= 0.6 is 0 Å². The van der Waals surface area contributed by atoms with Gasteiger partial charge in [-0.2, -0.15) is 8.42 Å². The van der Waals surface area contributed by atoms with Crippen molar-refractivity contribution in [2.45, 2.75) is 0 Å². The highest BCUT2D eigenvalue weighted by Crippen LogP contribution is 2.25. The van der Waals surface area contributed by atoms with Crippen molar-refractivity contribution >= 4 is 16.2 Å². The van der Waals surface area contributed by atoms with Crippen LogP contribution in [0.15, 0.2) is 52.9 Å². The Kier molecular flexibility index (Phi) is 3.30. The molecule has 86 valence electrons. The van der Waals surface area contributed by atoms with E-state index in [0.29, 0.717) is 5.56 Å². The number of rotatable bonds is 2. The van der Waals surface area contributed by atoms with Crippen molar-refractivity contribution in [2.24, 2.45) is 4.36 Å². The summed E-state index contributed by atoms with van der Waals surface area (Å²) in [5.41, 5.74) is 1.36. The monoisotopic (exact) mass is 249 g/mol. The fourth-order valence-electron chi connectivity index (χ4n) is 1.47. The summed E-state index contributed by atoms with van der Waals surface area (Å²) in [7, 11) is -2.64. The first kappa shape index (κ1) is 11.5. The van der Waals surface area contributed by atoms with Crippen LogP contribution in [0.5, 0.6) is 0 Å². The van der Waals surface area contributed by atoms with E-state index in [9.17, 15) is 12.8 Å². The van der Waals surface area contributed by atoms with Gasteiger partial charge in [0.15, 0.2) is 5.82 Å². The lowest BCUT2D eigenvalue weighted by molar-refractivity contribution is 0.617. The Morgan fingerprint density at radius 2 is 1.65 bits per heavy atom. The summed E-state index contributed by atoms with van der Waals surface area (Å²) in [4.78, 5) is 0. The van der Waals surface area contributed by atoms with Crippen molar-refractivity contribution in [3.05, 3.63) is 54.3 Å². The molecule has 0 N–H and O–H groups in total. The van der Waals surface area contributed by atoms with Gasteiger partial charge in [0.2, 0.25) is 0 Å². The molecule has 0 aliphatic heterocycles. The molecule has 0 atom stereocenters. The van der Waals surface area contributed by atoms with Gasteiger partial charge in [0, 0.05) is 0 Å². The molecular weight excluding hydrogens is 241 g/mol. The molecular formula is C12H8FNO2S. The molecule has 0 saturated heterocycles. The summed E-state index contributed by atoms with van der Waals surface area (Å²) >= 11 is 0. The predicted molar refractivity (Wildman–Crippen MR) is 62.8 cm³/mol. The zero-order chi connectivity index (χ0) is 12.3. The molecule has 0 bridgehead atoms. The summed E-state index contributed by atoms with van der Waals surface area (Å²) in [5, 5.41) is 0. The van der Waals surface area contributed by atoms with E-state index in [1.165, 1.54) is 12.1 Å². The lowest BCUT2D eigenvalue weighted by atomic mass is 10.1. The molecule has 2 aromatic carbocycles. The summed E-state index contributed by atoms with van der Waals surface area (Å²) in [6.07, 6.45) is 0. The fraction of sp³-hybridized carbons (Fsp3) is 0. The van der Waals surface area contributed by atoms with E-state index in [1.807, 2.05) is 30.3 Å². The van der Waals surface area contributed by atoms with Gasteiger partial charge in [-0.15, -0.1) is 4.36 Å². The zero-order valence-corrected chi connectivity index (χ0v) is 9.49. The third-order valence-electron chi connectivity index (χ3n) is 2.23. The molecule has 2 aromatic rings. The van der Waals surface area contributed by atoms with Crippen LogP contribution in [0, 0.1) is 5.82 Å². The Bertz CT molecular complexity index is 658. The smallest absolute Gasteiger partial charge is 0.205 e. The maximum absolute atomic E-state index is 13.5. The van der Waals surface area contributed by atoms with E-state index in [-0.39, 0.29) is 5.69 Å². The van der Waals surface area contributed by atoms with Crippen LogP contribution in [0.4, 0.5) is 10.1 Å². The molecule has 0 saturated carbocycles. The lowest BCUT2D eigenvalue weighted by Crippen LogP contribution is -1.81. The SMILES string of the molecule is O=S(=O)=Nc1ccc(-c2ccccc2)cc1F. The first-order chi connectivity index (χ1) is 8.16. The van der Waals surface area contributed by atoms with E-state index in [0.717, 1.165) is 5.56 Å². The Labute approximate surface area is 99.2 Å². The van der Waals surface area contributed by atoms with Gasteiger partial charge in [-0.25, -0.2) is 4.39 Å². The molecule has 3 nitrogen and oxygen atoms in total. The molecule has 0 amide bonds. The van der Waals surface area contributed by atoms with Crippen molar-refractivity contribution in [3.63, 3.8) is 0 Å². The molecule has 0 unspecified atom stereocenters. The average Bonchev–Trinajstić information content (AvgIpc) is 2.32.